The van der Waals surface area contributed by atoms with Crippen LogP contribution in [0.2, 0.25) is 5.02 Å². The lowest BCUT2D eigenvalue weighted by Crippen LogP contribution is -2.37. The summed E-state index contributed by atoms with van der Waals surface area (Å²) in [6.07, 6.45) is 0.673. The fourth-order valence-electron chi connectivity index (χ4n) is 2.52. The number of fused-ring (bicyclic) bond motifs is 1. The molecule has 0 radical (unpaired) electrons. The van der Waals surface area contributed by atoms with Crippen LogP contribution in [-0.2, 0) is 17.6 Å². The highest BCUT2D eigenvalue weighted by Crippen LogP contribution is 2.19. The Morgan fingerprint density at radius 2 is 1.92 bits per heavy atom. The van der Waals surface area contributed by atoms with E-state index in [4.69, 9.17) is 11.6 Å². The molecule has 122 valence electrons. The number of rotatable bonds is 4. The molecule has 0 atom stereocenters. The first kappa shape index (κ1) is 16.2. The quantitative estimate of drug-likeness (QED) is 0.793. The summed E-state index contributed by atoms with van der Waals surface area (Å²) in [7, 11) is 0. The summed E-state index contributed by atoms with van der Waals surface area (Å²) in [5.41, 5.74) is 3.64. The number of carbonyl (C=O) groups is 1. The smallest absolute Gasteiger partial charge is 0.273 e. The molecule has 0 spiro atoms. The number of halogens is 1. The zero-order valence-electron chi connectivity index (χ0n) is 13.1. The van der Waals surface area contributed by atoms with E-state index in [2.05, 4.69) is 10.4 Å². The lowest BCUT2D eigenvalue weighted by atomic mass is 10.1. The van der Waals surface area contributed by atoms with Gasteiger partial charge in [-0.15, -0.1) is 0 Å². The standard InChI is InChI=1S/C18H16ClN3O2/c1-2-15-20-17-13(9-6-10-14(17)19)18(24)22(15)21-16(23)11-12-7-4-3-5-8-12/h3-10H,2,11H2,1H3,(H,21,23). The van der Waals surface area contributed by atoms with E-state index in [1.54, 1.807) is 18.2 Å². The molecule has 2 aromatic carbocycles. The third kappa shape index (κ3) is 3.16. The number of aromatic nitrogens is 2. The van der Waals surface area contributed by atoms with Crippen molar-refractivity contribution in [2.75, 3.05) is 5.43 Å². The van der Waals surface area contributed by atoms with Crippen LogP contribution >= 0.6 is 11.6 Å². The van der Waals surface area contributed by atoms with Gasteiger partial charge in [-0.2, -0.15) is 0 Å². The van der Waals surface area contributed by atoms with Crippen molar-refractivity contribution >= 4 is 28.4 Å². The molecular formula is C18H16ClN3O2. The van der Waals surface area contributed by atoms with Crippen LogP contribution in [0.3, 0.4) is 0 Å². The number of para-hydroxylation sites is 1. The van der Waals surface area contributed by atoms with Crippen LogP contribution in [0, 0.1) is 0 Å². The van der Waals surface area contributed by atoms with E-state index in [0.717, 1.165) is 5.56 Å². The number of nitrogens with one attached hydrogen (secondary N) is 1. The summed E-state index contributed by atoms with van der Waals surface area (Å²) in [5.74, 6) is 0.184. The number of carbonyl (C=O) groups excluding carboxylic acids is 1. The number of hydrogen-bond acceptors (Lipinski definition) is 3. The second kappa shape index (κ2) is 6.84. The molecule has 0 fully saturated rings. The molecule has 0 aliphatic carbocycles. The summed E-state index contributed by atoms with van der Waals surface area (Å²) < 4.78 is 1.21. The number of benzene rings is 2. The third-order valence-electron chi connectivity index (χ3n) is 3.68. The lowest BCUT2D eigenvalue weighted by Gasteiger charge is -2.14. The molecule has 1 aromatic heterocycles. The Hall–Kier alpha value is -2.66. The van der Waals surface area contributed by atoms with Gasteiger partial charge in [0.2, 0.25) is 5.91 Å². The lowest BCUT2D eigenvalue weighted by molar-refractivity contribution is -0.116. The average Bonchev–Trinajstić information content (AvgIpc) is 2.58. The minimum atomic E-state index is -0.333. The van der Waals surface area contributed by atoms with E-state index in [9.17, 15) is 9.59 Å². The first-order chi connectivity index (χ1) is 11.6. The maximum Gasteiger partial charge on any atom is 0.280 e. The van der Waals surface area contributed by atoms with Crippen molar-refractivity contribution < 1.29 is 4.79 Å². The van der Waals surface area contributed by atoms with Crippen molar-refractivity contribution in [3.05, 3.63) is 75.3 Å². The van der Waals surface area contributed by atoms with E-state index in [1.807, 2.05) is 37.3 Å². The first-order valence-electron chi connectivity index (χ1n) is 7.64. The molecule has 0 saturated heterocycles. The van der Waals surface area contributed by atoms with Crippen molar-refractivity contribution in [1.82, 2.24) is 9.66 Å². The molecule has 0 aliphatic rings. The summed E-state index contributed by atoms with van der Waals surface area (Å²) in [6.45, 7) is 1.87. The summed E-state index contributed by atoms with van der Waals surface area (Å²) >= 11 is 6.13. The molecule has 1 amide bonds. The van der Waals surface area contributed by atoms with Gasteiger partial charge in [-0.25, -0.2) is 9.66 Å². The maximum absolute atomic E-state index is 12.7. The first-order valence-corrected chi connectivity index (χ1v) is 8.02. The molecule has 0 unspecified atom stereocenters. The highest BCUT2D eigenvalue weighted by atomic mass is 35.5. The maximum atomic E-state index is 12.7. The minimum absolute atomic E-state index is 0.185. The van der Waals surface area contributed by atoms with Gasteiger partial charge in [-0.3, -0.25) is 15.0 Å². The molecule has 6 heteroatoms. The second-order valence-corrected chi connectivity index (χ2v) is 5.76. The van der Waals surface area contributed by atoms with Crippen LogP contribution in [0.1, 0.15) is 18.3 Å². The molecule has 0 bridgehead atoms. The topological polar surface area (TPSA) is 64.0 Å². The van der Waals surface area contributed by atoms with Crippen LogP contribution in [0.4, 0.5) is 0 Å². The molecule has 1 heterocycles. The Kier molecular flexibility index (Phi) is 4.62. The Balaban J connectivity index is 1.98. The summed E-state index contributed by atoms with van der Waals surface area (Å²) in [4.78, 5) is 29.4. The Labute approximate surface area is 143 Å². The van der Waals surface area contributed by atoms with E-state index in [0.29, 0.717) is 28.2 Å². The molecular weight excluding hydrogens is 326 g/mol. The van der Waals surface area contributed by atoms with Crippen LogP contribution < -0.4 is 11.0 Å². The van der Waals surface area contributed by atoms with Crippen molar-refractivity contribution in [2.45, 2.75) is 19.8 Å². The molecule has 3 aromatic rings. The highest BCUT2D eigenvalue weighted by molar-refractivity contribution is 6.34. The van der Waals surface area contributed by atoms with E-state index in [-0.39, 0.29) is 17.9 Å². The normalized spacial score (nSPS) is 10.8. The molecule has 24 heavy (non-hydrogen) atoms. The molecule has 0 saturated carbocycles. The number of hydrogen-bond donors (Lipinski definition) is 1. The van der Waals surface area contributed by atoms with Gasteiger partial charge in [0, 0.05) is 6.42 Å². The minimum Gasteiger partial charge on any atom is -0.273 e. The fraction of sp³-hybridized carbons (Fsp3) is 0.167. The Morgan fingerprint density at radius 3 is 2.62 bits per heavy atom. The Bertz CT molecular complexity index is 952. The fourth-order valence-corrected chi connectivity index (χ4v) is 2.73. The zero-order chi connectivity index (χ0) is 17.1. The average molecular weight is 342 g/mol. The van der Waals surface area contributed by atoms with E-state index >= 15 is 0 Å². The molecule has 1 N–H and O–H groups in total. The van der Waals surface area contributed by atoms with Gasteiger partial charge in [-0.05, 0) is 17.7 Å². The van der Waals surface area contributed by atoms with Crippen LogP contribution in [0.15, 0.2) is 53.3 Å². The van der Waals surface area contributed by atoms with Crippen molar-refractivity contribution in [3.63, 3.8) is 0 Å². The second-order valence-electron chi connectivity index (χ2n) is 5.36. The van der Waals surface area contributed by atoms with Crippen LogP contribution in [0.25, 0.3) is 10.9 Å². The van der Waals surface area contributed by atoms with Gasteiger partial charge < -0.3 is 0 Å². The SMILES string of the molecule is CCc1nc2c(Cl)cccc2c(=O)n1NC(=O)Cc1ccccc1. The van der Waals surface area contributed by atoms with Crippen LogP contribution in [-0.4, -0.2) is 15.6 Å². The predicted octanol–water partition coefficient (Wildman–Crippen LogP) is 2.93. The molecule has 3 rings (SSSR count). The van der Waals surface area contributed by atoms with Gasteiger partial charge in [0.15, 0.2) is 0 Å². The van der Waals surface area contributed by atoms with Crippen molar-refractivity contribution in [3.8, 4) is 0 Å². The van der Waals surface area contributed by atoms with Crippen molar-refractivity contribution in [2.24, 2.45) is 0 Å². The number of amides is 1. The van der Waals surface area contributed by atoms with Gasteiger partial charge in [0.1, 0.15) is 5.82 Å². The van der Waals surface area contributed by atoms with E-state index in [1.165, 1.54) is 4.68 Å². The van der Waals surface area contributed by atoms with Gasteiger partial charge in [-0.1, -0.05) is 54.9 Å². The van der Waals surface area contributed by atoms with Crippen LogP contribution in [0.5, 0.6) is 0 Å². The highest BCUT2D eigenvalue weighted by Gasteiger charge is 2.14. The van der Waals surface area contributed by atoms with E-state index < -0.39 is 0 Å². The van der Waals surface area contributed by atoms with Gasteiger partial charge >= 0.3 is 0 Å². The number of nitrogens with zero attached hydrogens (tertiary/aromatic N) is 2. The predicted molar refractivity (Wildman–Crippen MR) is 94.9 cm³/mol. The third-order valence-corrected chi connectivity index (χ3v) is 3.98. The summed E-state index contributed by atoms with van der Waals surface area (Å²) in [5, 5.41) is 0.793. The molecule has 5 nitrogen and oxygen atoms in total. The van der Waals surface area contributed by atoms with Crippen molar-refractivity contribution in [1.29, 1.82) is 0 Å². The van der Waals surface area contributed by atoms with Gasteiger partial charge in [0.05, 0.1) is 22.3 Å². The largest absolute Gasteiger partial charge is 0.280 e. The number of aryl methyl sites for hydroxylation is 1. The Morgan fingerprint density at radius 1 is 1.17 bits per heavy atom. The summed E-state index contributed by atoms with van der Waals surface area (Å²) in [6, 6.07) is 14.4. The van der Waals surface area contributed by atoms with Gasteiger partial charge in [0.25, 0.3) is 5.56 Å². The molecule has 0 aliphatic heterocycles. The zero-order valence-corrected chi connectivity index (χ0v) is 13.9. The monoisotopic (exact) mass is 341 g/mol.